The Kier molecular flexibility index (Phi) is 4.83. The van der Waals surface area contributed by atoms with Crippen LogP contribution in [-0.2, 0) is 9.59 Å². The second-order valence-electron chi connectivity index (χ2n) is 6.24. The van der Waals surface area contributed by atoms with Gasteiger partial charge in [0, 0.05) is 31.0 Å². The number of nitrogens with zero attached hydrogens (tertiary/aromatic N) is 1. The van der Waals surface area contributed by atoms with Gasteiger partial charge in [0.25, 0.3) is 0 Å². The van der Waals surface area contributed by atoms with Crippen LogP contribution >= 0.6 is 0 Å². The van der Waals surface area contributed by atoms with Gasteiger partial charge < -0.3 is 10.2 Å². The van der Waals surface area contributed by atoms with Crippen molar-refractivity contribution in [1.29, 1.82) is 0 Å². The van der Waals surface area contributed by atoms with E-state index in [1.165, 1.54) is 12.8 Å². The van der Waals surface area contributed by atoms with Crippen LogP contribution in [0.1, 0.15) is 52.4 Å². The van der Waals surface area contributed by atoms with Crippen LogP contribution in [0.4, 0.5) is 0 Å². The second kappa shape index (κ2) is 6.40. The summed E-state index contributed by atoms with van der Waals surface area (Å²) in [6, 6.07) is 0.405. The minimum Gasteiger partial charge on any atom is -0.353 e. The third-order valence-electron chi connectivity index (χ3n) is 4.37. The van der Waals surface area contributed by atoms with Gasteiger partial charge in [-0.1, -0.05) is 26.7 Å². The molecule has 19 heavy (non-hydrogen) atoms. The monoisotopic (exact) mass is 266 g/mol. The van der Waals surface area contributed by atoms with E-state index in [1.54, 1.807) is 0 Å². The largest absolute Gasteiger partial charge is 0.353 e. The molecule has 0 spiro atoms. The minimum atomic E-state index is 0.0591. The fourth-order valence-electron chi connectivity index (χ4n) is 3.12. The van der Waals surface area contributed by atoms with Crippen molar-refractivity contribution < 1.29 is 9.59 Å². The van der Waals surface area contributed by atoms with Gasteiger partial charge in [0.05, 0.1) is 0 Å². The summed E-state index contributed by atoms with van der Waals surface area (Å²) in [7, 11) is 0. The molecule has 0 unspecified atom stereocenters. The first kappa shape index (κ1) is 14.4. The summed E-state index contributed by atoms with van der Waals surface area (Å²) in [5, 5.41) is 3.17. The molecule has 1 saturated heterocycles. The second-order valence-corrected chi connectivity index (χ2v) is 6.24. The quantitative estimate of drug-likeness (QED) is 0.848. The van der Waals surface area contributed by atoms with Crippen molar-refractivity contribution in [3.8, 4) is 0 Å². The molecule has 0 atom stereocenters. The first-order chi connectivity index (χ1) is 9.08. The van der Waals surface area contributed by atoms with Crippen molar-refractivity contribution in [2.24, 2.45) is 11.8 Å². The van der Waals surface area contributed by atoms with E-state index < -0.39 is 0 Å². The summed E-state index contributed by atoms with van der Waals surface area (Å²) >= 11 is 0. The fraction of sp³-hybridized carbons (Fsp3) is 0.867. The molecule has 108 valence electrons. The van der Waals surface area contributed by atoms with E-state index in [2.05, 4.69) is 5.32 Å². The molecule has 0 radical (unpaired) electrons. The fourth-order valence-corrected chi connectivity index (χ4v) is 3.12. The lowest BCUT2D eigenvalue weighted by atomic mass is 9.94. The molecule has 1 N–H and O–H groups in total. The van der Waals surface area contributed by atoms with Crippen molar-refractivity contribution >= 4 is 11.8 Å². The third-order valence-corrected chi connectivity index (χ3v) is 4.37. The molecule has 0 bridgehead atoms. The predicted molar refractivity (Wildman–Crippen MR) is 74.5 cm³/mol. The third kappa shape index (κ3) is 3.71. The maximum atomic E-state index is 12.1. The topological polar surface area (TPSA) is 49.4 Å². The number of rotatable bonds is 3. The van der Waals surface area contributed by atoms with Crippen molar-refractivity contribution in [3.63, 3.8) is 0 Å². The molecule has 4 nitrogen and oxygen atoms in total. The smallest absolute Gasteiger partial charge is 0.225 e. The Labute approximate surface area is 115 Å². The summed E-state index contributed by atoms with van der Waals surface area (Å²) in [5.41, 5.74) is 0. The lowest BCUT2D eigenvalue weighted by Crippen LogP contribution is -2.45. The molecule has 0 aromatic heterocycles. The highest BCUT2D eigenvalue weighted by Crippen LogP contribution is 2.22. The Balaban J connectivity index is 1.76. The highest BCUT2D eigenvalue weighted by molar-refractivity contribution is 5.81. The molecule has 1 heterocycles. The molecule has 2 fully saturated rings. The maximum Gasteiger partial charge on any atom is 0.225 e. The van der Waals surface area contributed by atoms with Gasteiger partial charge in [0.1, 0.15) is 0 Å². The van der Waals surface area contributed by atoms with E-state index in [0.717, 1.165) is 38.8 Å². The molecule has 2 amide bonds. The van der Waals surface area contributed by atoms with E-state index in [9.17, 15) is 9.59 Å². The highest BCUT2D eigenvalue weighted by Gasteiger charge is 2.29. The van der Waals surface area contributed by atoms with Crippen LogP contribution in [0.3, 0.4) is 0 Å². The number of likely N-dealkylation sites (tertiary alicyclic amines) is 1. The first-order valence-corrected chi connectivity index (χ1v) is 7.67. The lowest BCUT2D eigenvalue weighted by molar-refractivity contribution is -0.138. The molecule has 2 rings (SSSR count). The van der Waals surface area contributed by atoms with Crippen LogP contribution in [0.2, 0.25) is 0 Å². The molecule has 1 aliphatic heterocycles. The van der Waals surface area contributed by atoms with E-state index in [1.807, 2.05) is 18.7 Å². The molecular weight excluding hydrogens is 240 g/mol. The van der Waals surface area contributed by atoms with Crippen LogP contribution in [-0.4, -0.2) is 35.8 Å². The van der Waals surface area contributed by atoms with E-state index in [0.29, 0.717) is 6.04 Å². The summed E-state index contributed by atoms with van der Waals surface area (Å²) < 4.78 is 0. The number of amides is 2. The Bertz CT molecular complexity index is 327. The number of piperidine rings is 1. The zero-order valence-corrected chi connectivity index (χ0v) is 12.2. The normalized spacial score (nSPS) is 21.9. The maximum absolute atomic E-state index is 12.1. The molecule has 0 aromatic carbocycles. The Hall–Kier alpha value is -1.06. The molecular formula is C15H26N2O2. The number of carbonyl (C=O) groups is 2. The number of nitrogens with one attached hydrogen (secondary N) is 1. The summed E-state index contributed by atoms with van der Waals surface area (Å²) in [4.78, 5) is 25.9. The van der Waals surface area contributed by atoms with Gasteiger partial charge in [0.15, 0.2) is 0 Å². The van der Waals surface area contributed by atoms with Gasteiger partial charge in [-0.25, -0.2) is 0 Å². The molecule has 2 aliphatic rings. The SMILES string of the molecule is CC(C)C(=O)N1CCC(C(=O)NC2CCCC2)CC1. The molecule has 1 saturated carbocycles. The van der Waals surface area contributed by atoms with Gasteiger partial charge >= 0.3 is 0 Å². The predicted octanol–water partition coefficient (Wildman–Crippen LogP) is 1.94. The minimum absolute atomic E-state index is 0.0591. The van der Waals surface area contributed by atoms with Gasteiger partial charge in [-0.05, 0) is 25.7 Å². The van der Waals surface area contributed by atoms with Crippen LogP contribution in [0.15, 0.2) is 0 Å². The van der Waals surface area contributed by atoms with Crippen LogP contribution < -0.4 is 5.32 Å². The van der Waals surface area contributed by atoms with Crippen molar-refractivity contribution in [1.82, 2.24) is 10.2 Å². The Morgan fingerprint density at radius 1 is 1.05 bits per heavy atom. The standard InChI is InChI=1S/C15H26N2O2/c1-11(2)15(19)17-9-7-12(8-10-17)14(18)16-13-5-3-4-6-13/h11-13H,3-10H2,1-2H3,(H,16,18). The average Bonchev–Trinajstić information content (AvgIpc) is 2.90. The summed E-state index contributed by atoms with van der Waals surface area (Å²) in [6.45, 7) is 5.34. The first-order valence-electron chi connectivity index (χ1n) is 7.67. The average molecular weight is 266 g/mol. The van der Waals surface area contributed by atoms with Crippen molar-refractivity contribution in [2.45, 2.75) is 58.4 Å². The van der Waals surface area contributed by atoms with E-state index >= 15 is 0 Å². The van der Waals surface area contributed by atoms with Crippen molar-refractivity contribution in [3.05, 3.63) is 0 Å². The Morgan fingerprint density at radius 2 is 1.63 bits per heavy atom. The van der Waals surface area contributed by atoms with Crippen LogP contribution in [0.25, 0.3) is 0 Å². The highest BCUT2D eigenvalue weighted by atomic mass is 16.2. The van der Waals surface area contributed by atoms with E-state index in [-0.39, 0.29) is 23.7 Å². The number of hydrogen-bond acceptors (Lipinski definition) is 2. The van der Waals surface area contributed by atoms with Gasteiger partial charge in [0.2, 0.25) is 11.8 Å². The Morgan fingerprint density at radius 3 is 2.16 bits per heavy atom. The van der Waals surface area contributed by atoms with Crippen LogP contribution in [0.5, 0.6) is 0 Å². The van der Waals surface area contributed by atoms with E-state index in [4.69, 9.17) is 0 Å². The molecule has 4 heteroatoms. The summed E-state index contributed by atoms with van der Waals surface area (Å²) in [5.74, 6) is 0.596. The summed E-state index contributed by atoms with van der Waals surface area (Å²) in [6.07, 6.45) is 6.39. The number of hydrogen-bond donors (Lipinski definition) is 1. The zero-order chi connectivity index (χ0) is 13.8. The lowest BCUT2D eigenvalue weighted by Gasteiger charge is -2.33. The molecule has 0 aromatic rings. The van der Waals surface area contributed by atoms with Crippen molar-refractivity contribution in [2.75, 3.05) is 13.1 Å². The van der Waals surface area contributed by atoms with Gasteiger partial charge in [-0.15, -0.1) is 0 Å². The zero-order valence-electron chi connectivity index (χ0n) is 12.2. The number of carbonyl (C=O) groups excluding carboxylic acids is 2. The van der Waals surface area contributed by atoms with Gasteiger partial charge in [-0.2, -0.15) is 0 Å². The van der Waals surface area contributed by atoms with Crippen LogP contribution in [0, 0.1) is 11.8 Å². The van der Waals surface area contributed by atoms with Gasteiger partial charge in [-0.3, -0.25) is 9.59 Å². The molecule has 1 aliphatic carbocycles.